The molecule has 3 aromatic rings. The number of fused-ring (bicyclic) bond motifs is 1. The predicted molar refractivity (Wildman–Crippen MR) is 118 cm³/mol. The lowest BCUT2D eigenvalue weighted by molar-refractivity contribution is -0.0699. The van der Waals surface area contributed by atoms with Gasteiger partial charge in [0.05, 0.1) is 23.2 Å². The minimum absolute atomic E-state index is 0.0450. The number of morpholine rings is 1. The Kier molecular flexibility index (Phi) is 6.04. The molecule has 2 atom stereocenters. The number of ether oxygens (including phenoxy) is 2. The molecule has 0 N–H and O–H groups in total. The van der Waals surface area contributed by atoms with E-state index in [0.717, 1.165) is 29.7 Å². The van der Waals surface area contributed by atoms with Crippen LogP contribution in [0.5, 0.6) is 5.75 Å². The number of hydrogen-bond donors (Lipinski definition) is 0. The van der Waals surface area contributed by atoms with Crippen LogP contribution in [0.25, 0.3) is 22.1 Å². The summed E-state index contributed by atoms with van der Waals surface area (Å²) in [6.45, 7) is 7.43. The molecule has 1 aliphatic rings. The van der Waals surface area contributed by atoms with Crippen molar-refractivity contribution in [1.82, 2.24) is 4.90 Å². The SMILES string of the molecule is CC1CN(CCOc2ccc3c(=O)c(-c4ccc(Br)cc4)coc3c2)CC(C)O1. The van der Waals surface area contributed by atoms with Crippen molar-refractivity contribution >= 4 is 26.9 Å². The van der Waals surface area contributed by atoms with E-state index >= 15 is 0 Å². The van der Waals surface area contributed by atoms with Gasteiger partial charge in [-0.1, -0.05) is 28.1 Å². The van der Waals surface area contributed by atoms with Crippen molar-refractivity contribution in [3.05, 3.63) is 63.4 Å². The Morgan fingerprint density at radius 2 is 1.83 bits per heavy atom. The van der Waals surface area contributed by atoms with Gasteiger partial charge in [-0.3, -0.25) is 9.69 Å². The highest BCUT2D eigenvalue weighted by atomic mass is 79.9. The lowest BCUT2D eigenvalue weighted by Crippen LogP contribution is -2.46. The van der Waals surface area contributed by atoms with Gasteiger partial charge in [0.1, 0.15) is 24.2 Å². The molecule has 4 rings (SSSR count). The second kappa shape index (κ2) is 8.69. The number of hydrogen-bond acceptors (Lipinski definition) is 5. The molecule has 2 unspecified atom stereocenters. The highest BCUT2D eigenvalue weighted by molar-refractivity contribution is 9.10. The van der Waals surface area contributed by atoms with Gasteiger partial charge >= 0.3 is 0 Å². The van der Waals surface area contributed by atoms with Crippen molar-refractivity contribution in [1.29, 1.82) is 0 Å². The quantitative estimate of drug-likeness (QED) is 0.555. The molecule has 1 saturated heterocycles. The number of nitrogens with zero attached hydrogens (tertiary/aromatic N) is 1. The molecule has 152 valence electrons. The zero-order valence-corrected chi connectivity index (χ0v) is 18.1. The smallest absolute Gasteiger partial charge is 0.200 e. The zero-order valence-electron chi connectivity index (χ0n) is 16.6. The van der Waals surface area contributed by atoms with Crippen molar-refractivity contribution in [2.75, 3.05) is 26.2 Å². The third kappa shape index (κ3) is 4.71. The molecule has 1 aliphatic heterocycles. The second-order valence-electron chi connectivity index (χ2n) is 7.51. The predicted octanol–water partition coefficient (Wildman–Crippen LogP) is 4.71. The fourth-order valence-corrected chi connectivity index (χ4v) is 4.05. The monoisotopic (exact) mass is 457 g/mol. The number of halogens is 1. The van der Waals surface area contributed by atoms with E-state index in [1.807, 2.05) is 30.3 Å². The largest absolute Gasteiger partial charge is 0.492 e. The van der Waals surface area contributed by atoms with E-state index in [1.54, 1.807) is 12.1 Å². The van der Waals surface area contributed by atoms with Gasteiger partial charge in [0.2, 0.25) is 0 Å². The molecule has 2 aromatic carbocycles. The molecule has 0 amide bonds. The Hall–Kier alpha value is -2.15. The molecule has 0 saturated carbocycles. The van der Waals surface area contributed by atoms with Gasteiger partial charge in [0.15, 0.2) is 5.43 Å². The van der Waals surface area contributed by atoms with Gasteiger partial charge in [-0.2, -0.15) is 0 Å². The van der Waals surface area contributed by atoms with Crippen LogP contribution in [-0.2, 0) is 4.74 Å². The average molecular weight is 458 g/mol. The first-order chi connectivity index (χ1) is 14.0. The first-order valence-corrected chi connectivity index (χ1v) is 10.6. The van der Waals surface area contributed by atoms with Crippen molar-refractivity contribution in [2.45, 2.75) is 26.1 Å². The summed E-state index contributed by atoms with van der Waals surface area (Å²) in [5, 5.41) is 0.550. The molecule has 0 bridgehead atoms. The minimum Gasteiger partial charge on any atom is -0.492 e. The van der Waals surface area contributed by atoms with Crippen LogP contribution in [0.15, 0.2) is 62.4 Å². The van der Waals surface area contributed by atoms with Gasteiger partial charge in [-0.05, 0) is 43.7 Å². The second-order valence-corrected chi connectivity index (χ2v) is 8.42. The Bertz CT molecular complexity index is 1040. The van der Waals surface area contributed by atoms with Crippen LogP contribution in [0.4, 0.5) is 0 Å². The molecular formula is C23H24BrNO4. The summed E-state index contributed by atoms with van der Waals surface area (Å²) < 4.78 is 18.4. The van der Waals surface area contributed by atoms with Gasteiger partial charge in [0.25, 0.3) is 0 Å². The molecule has 0 aliphatic carbocycles. The van der Waals surface area contributed by atoms with Crippen molar-refractivity contribution in [3.8, 4) is 16.9 Å². The molecule has 2 heterocycles. The molecular weight excluding hydrogens is 434 g/mol. The van der Waals surface area contributed by atoms with E-state index in [1.165, 1.54) is 6.26 Å². The van der Waals surface area contributed by atoms with Crippen molar-refractivity contribution < 1.29 is 13.9 Å². The molecule has 0 spiro atoms. The third-order valence-electron chi connectivity index (χ3n) is 5.07. The van der Waals surface area contributed by atoms with Crippen molar-refractivity contribution in [2.24, 2.45) is 0 Å². The fraction of sp³-hybridized carbons (Fsp3) is 0.348. The molecule has 1 aromatic heterocycles. The van der Waals surface area contributed by atoms with E-state index in [4.69, 9.17) is 13.9 Å². The van der Waals surface area contributed by atoms with Gasteiger partial charge in [-0.15, -0.1) is 0 Å². The van der Waals surface area contributed by atoms with Gasteiger partial charge in [-0.25, -0.2) is 0 Å². The summed E-state index contributed by atoms with van der Waals surface area (Å²) >= 11 is 3.41. The summed E-state index contributed by atoms with van der Waals surface area (Å²) in [4.78, 5) is 15.2. The van der Waals surface area contributed by atoms with Crippen LogP contribution >= 0.6 is 15.9 Å². The van der Waals surface area contributed by atoms with E-state index in [-0.39, 0.29) is 17.6 Å². The normalized spacial score (nSPS) is 20.1. The highest BCUT2D eigenvalue weighted by Crippen LogP contribution is 2.24. The molecule has 29 heavy (non-hydrogen) atoms. The summed E-state index contributed by atoms with van der Waals surface area (Å²) in [5.41, 5.74) is 1.87. The Morgan fingerprint density at radius 3 is 2.55 bits per heavy atom. The Labute approximate surface area is 178 Å². The lowest BCUT2D eigenvalue weighted by atomic mass is 10.1. The van der Waals surface area contributed by atoms with Crippen LogP contribution in [0.2, 0.25) is 0 Å². The van der Waals surface area contributed by atoms with Crippen LogP contribution < -0.4 is 10.2 Å². The topological polar surface area (TPSA) is 51.9 Å². The maximum atomic E-state index is 12.9. The summed E-state index contributed by atoms with van der Waals surface area (Å²) in [6.07, 6.45) is 2.01. The van der Waals surface area contributed by atoms with Gasteiger partial charge in [0, 0.05) is 30.2 Å². The summed E-state index contributed by atoms with van der Waals surface area (Å²) in [5.74, 6) is 0.700. The summed E-state index contributed by atoms with van der Waals surface area (Å²) in [7, 11) is 0. The van der Waals surface area contributed by atoms with Gasteiger partial charge < -0.3 is 13.9 Å². The summed E-state index contributed by atoms with van der Waals surface area (Å²) in [6, 6.07) is 13.0. The number of rotatable bonds is 5. The van der Waals surface area contributed by atoms with Crippen LogP contribution in [0, 0.1) is 0 Å². The van der Waals surface area contributed by atoms with Crippen LogP contribution in [0.3, 0.4) is 0 Å². The molecule has 5 nitrogen and oxygen atoms in total. The molecule has 6 heteroatoms. The number of benzene rings is 2. The minimum atomic E-state index is -0.0450. The average Bonchev–Trinajstić information content (AvgIpc) is 2.68. The third-order valence-corrected chi connectivity index (χ3v) is 5.60. The maximum Gasteiger partial charge on any atom is 0.200 e. The molecule has 1 fully saturated rings. The van der Waals surface area contributed by atoms with Crippen LogP contribution in [-0.4, -0.2) is 43.3 Å². The highest BCUT2D eigenvalue weighted by Gasteiger charge is 2.21. The maximum absolute atomic E-state index is 12.9. The zero-order chi connectivity index (χ0) is 20.4. The first-order valence-electron chi connectivity index (χ1n) is 9.82. The fourth-order valence-electron chi connectivity index (χ4n) is 3.79. The van der Waals surface area contributed by atoms with Crippen molar-refractivity contribution in [3.63, 3.8) is 0 Å². The molecule has 0 radical (unpaired) electrons. The van der Waals surface area contributed by atoms with E-state index < -0.39 is 0 Å². The lowest BCUT2D eigenvalue weighted by Gasteiger charge is -2.35. The van der Waals surface area contributed by atoms with E-state index in [2.05, 4.69) is 34.7 Å². The Morgan fingerprint density at radius 1 is 1.10 bits per heavy atom. The first kappa shape index (κ1) is 20.1. The standard InChI is InChI=1S/C23H24BrNO4/c1-15-12-25(13-16(2)29-15)9-10-27-19-7-8-20-22(11-19)28-14-21(23(20)26)17-3-5-18(24)6-4-17/h3-8,11,14-16H,9-10,12-13H2,1-2H3. The van der Waals surface area contributed by atoms with E-state index in [0.29, 0.717) is 28.9 Å². The Balaban J connectivity index is 1.46. The van der Waals surface area contributed by atoms with E-state index in [9.17, 15) is 4.79 Å². The van der Waals surface area contributed by atoms with Crippen LogP contribution in [0.1, 0.15) is 13.8 Å².